The maximum Gasteiger partial charge on any atom is 0.144 e. The second-order valence-electron chi connectivity index (χ2n) is 7.91. The molecule has 0 bridgehead atoms. The van der Waals surface area contributed by atoms with Crippen LogP contribution in [0.2, 0.25) is 0 Å². The van der Waals surface area contributed by atoms with E-state index in [-0.39, 0.29) is 12.4 Å². The lowest BCUT2D eigenvalue weighted by Gasteiger charge is -2.24. The molecule has 1 aliphatic carbocycles. The molecule has 2 N–H and O–H groups in total. The Labute approximate surface area is 180 Å². The first-order valence-corrected chi connectivity index (χ1v) is 10.7. The van der Waals surface area contributed by atoms with E-state index in [0.29, 0.717) is 5.92 Å². The van der Waals surface area contributed by atoms with Gasteiger partial charge in [-0.15, -0.1) is 12.4 Å². The number of allylic oxidation sites excluding steroid dienone is 2. The first-order valence-electron chi connectivity index (χ1n) is 10.7. The fourth-order valence-electron chi connectivity index (χ4n) is 4.43. The van der Waals surface area contributed by atoms with E-state index < -0.39 is 0 Å². The number of methoxy groups -OCH3 is 1. The molecule has 0 radical (unpaired) electrons. The van der Waals surface area contributed by atoms with Gasteiger partial charge in [-0.1, -0.05) is 32.6 Å². The number of aromatic nitrogens is 2. The van der Waals surface area contributed by atoms with Crippen LogP contribution in [0, 0.1) is 5.92 Å². The van der Waals surface area contributed by atoms with Crippen molar-refractivity contribution in [3.63, 3.8) is 0 Å². The first kappa shape index (κ1) is 21.5. The van der Waals surface area contributed by atoms with Gasteiger partial charge in [-0.3, -0.25) is 4.99 Å². The van der Waals surface area contributed by atoms with Gasteiger partial charge in [-0.25, -0.2) is 0 Å². The number of ether oxygens (including phenoxy) is 1. The molecule has 5 heteroatoms. The Bertz CT molecular complexity index is 889. The van der Waals surface area contributed by atoms with Crippen LogP contribution in [-0.2, 0) is 0 Å². The number of unbranched alkanes of at least 4 members (excludes halogenated alkanes) is 3. The monoisotopic (exact) mass is 413 g/mol. The van der Waals surface area contributed by atoms with E-state index in [4.69, 9.17) is 9.73 Å². The van der Waals surface area contributed by atoms with Crippen molar-refractivity contribution in [2.45, 2.75) is 58.3 Å². The van der Waals surface area contributed by atoms with Crippen molar-refractivity contribution in [3.8, 4) is 17.1 Å². The number of hydrogen-bond donors (Lipinski definition) is 2. The minimum atomic E-state index is 0. The average molecular weight is 414 g/mol. The number of aliphatic imine (C=N–C) groups is 1. The lowest BCUT2D eigenvalue weighted by atomic mass is 9.80. The van der Waals surface area contributed by atoms with Crippen LogP contribution in [-0.4, -0.2) is 22.8 Å². The lowest BCUT2D eigenvalue weighted by Crippen LogP contribution is -2.17. The summed E-state index contributed by atoms with van der Waals surface area (Å²) >= 11 is 0. The summed E-state index contributed by atoms with van der Waals surface area (Å²) in [5.41, 5.74) is 6.90. The van der Waals surface area contributed by atoms with Crippen LogP contribution < -0.4 is 4.74 Å². The predicted molar refractivity (Wildman–Crippen MR) is 124 cm³/mol. The van der Waals surface area contributed by atoms with Crippen LogP contribution in [0.3, 0.4) is 0 Å². The van der Waals surface area contributed by atoms with Gasteiger partial charge in [0.2, 0.25) is 0 Å². The van der Waals surface area contributed by atoms with E-state index in [9.17, 15) is 0 Å². The quantitative estimate of drug-likeness (QED) is 0.452. The number of nitrogens with zero attached hydrogens (tertiary/aromatic N) is 1. The molecule has 1 atom stereocenters. The Morgan fingerprint density at radius 1 is 1.24 bits per heavy atom. The van der Waals surface area contributed by atoms with Crippen LogP contribution in [0.1, 0.15) is 64.0 Å². The number of nitrogens with one attached hydrogen (secondary N) is 2. The summed E-state index contributed by atoms with van der Waals surface area (Å²) in [5, 5.41) is 0. The molecule has 0 spiro atoms. The van der Waals surface area contributed by atoms with Crippen molar-refractivity contribution < 1.29 is 4.74 Å². The third-order valence-corrected chi connectivity index (χ3v) is 5.92. The van der Waals surface area contributed by atoms with Crippen LogP contribution in [0.25, 0.3) is 17.5 Å². The highest BCUT2D eigenvalue weighted by molar-refractivity contribution is 6.05. The van der Waals surface area contributed by atoms with Crippen molar-refractivity contribution in [2.75, 3.05) is 7.11 Å². The average Bonchev–Trinajstić information content (AvgIpc) is 3.44. The van der Waals surface area contributed by atoms with Gasteiger partial charge in [-0.05, 0) is 61.5 Å². The number of rotatable bonds is 8. The Morgan fingerprint density at radius 2 is 2.14 bits per heavy atom. The zero-order valence-corrected chi connectivity index (χ0v) is 18.3. The molecule has 2 aromatic heterocycles. The molecule has 4 rings (SSSR count). The van der Waals surface area contributed by atoms with Crippen LogP contribution in [0.5, 0.6) is 5.75 Å². The highest BCUT2D eigenvalue weighted by atomic mass is 35.5. The maximum absolute atomic E-state index is 5.59. The number of halogens is 1. The van der Waals surface area contributed by atoms with Crippen molar-refractivity contribution in [1.82, 2.24) is 9.97 Å². The largest absolute Gasteiger partial charge is 0.494 e. The van der Waals surface area contributed by atoms with Crippen LogP contribution in [0.15, 0.2) is 46.7 Å². The van der Waals surface area contributed by atoms with E-state index >= 15 is 0 Å². The first-order chi connectivity index (χ1) is 13.8. The molecule has 0 amide bonds. The standard InChI is InChI=1S/C24H31N3O.ClH/c1-3-4-5-6-9-17-10-7-11-20-19(17)14-18(26-20)15-23-24(28-2)16-22(27-23)21-12-8-13-25-21;/h8,12-17,25,27H,3-7,9-11H2,1-2H3;1H. The van der Waals surface area contributed by atoms with E-state index in [2.05, 4.69) is 35.1 Å². The normalized spacial score (nSPS) is 19.5. The second kappa shape index (κ2) is 10.0. The number of H-pyrrole nitrogens is 2. The van der Waals surface area contributed by atoms with Gasteiger partial charge in [0.25, 0.3) is 0 Å². The topological polar surface area (TPSA) is 53.2 Å². The lowest BCUT2D eigenvalue weighted by molar-refractivity contribution is 0.414. The molecule has 156 valence electrons. The van der Waals surface area contributed by atoms with Gasteiger partial charge in [0.05, 0.1) is 29.9 Å². The number of hydrogen-bond acceptors (Lipinski definition) is 2. The Kier molecular flexibility index (Phi) is 7.43. The van der Waals surface area contributed by atoms with Crippen molar-refractivity contribution in [3.05, 3.63) is 47.4 Å². The molecule has 2 aliphatic rings. The summed E-state index contributed by atoms with van der Waals surface area (Å²) in [4.78, 5) is 11.7. The van der Waals surface area contributed by atoms with Gasteiger partial charge in [0.15, 0.2) is 0 Å². The number of fused-ring (bicyclic) bond motifs is 1. The van der Waals surface area contributed by atoms with Gasteiger partial charge in [-0.2, -0.15) is 0 Å². The molecule has 3 heterocycles. The molecule has 2 aromatic rings. The fraction of sp³-hybridized carbons (Fsp3) is 0.458. The fourth-order valence-corrected chi connectivity index (χ4v) is 4.43. The van der Waals surface area contributed by atoms with Crippen molar-refractivity contribution in [1.29, 1.82) is 0 Å². The minimum Gasteiger partial charge on any atom is -0.494 e. The highest BCUT2D eigenvalue weighted by Crippen LogP contribution is 2.37. The molecule has 1 saturated carbocycles. The molecule has 29 heavy (non-hydrogen) atoms. The van der Waals surface area contributed by atoms with Gasteiger partial charge in [0.1, 0.15) is 5.75 Å². The van der Waals surface area contributed by atoms with E-state index in [1.807, 2.05) is 18.3 Å². The number of aromatic amines is 2. The summed E-state index contributed by atoms with van der Waals surface area (Å²) in [5.74, 6) is 1.54. The summed E-state index contributed by atoms with van der Waals surface area (Å²) in [6, 6.07) is 6.09. The maximum atomic E-state index is 5.59. The van der Waals surface area contributed by atoms with Crippen molar-refractivity contribution >= 4 is 24.2 Å². The SMILES string of the molecule is CCCCCCC1CCCC2=NC(=Cc3[nH]c(-c4ccc[nH]4)cc3OC)C=C21.Cl. The molecular formula is C24H32ClN3O. The summed E-state index contributed by atoms with van der Waals surface area (Å²) < 4.78 is 5.59. The molecule has 1 unspecified atom stereocenters. The molecule has 1 fully saturated rings. The van der Waals surface area contributed by atoms with E-state index in [1.54, 1.807) is 7.11 Å². The van der Waals surface area contributed by atoms with E-state index in [1.165, 1.54) is 56.2 Å². The molecule has 0 aromatic carbocycles. The van der Waals surface area contributed by atoms with Gasteiger partial charge >= 0.3 is 0 Å². The third kappa shape index (κ3) is 4.87. The zero-order valence-electron chi connectivity index (χ0n) is 17.5. The van der Waals surface area contributed by atoms with Gasteiger partial charge < -0.3 is 14.7 Å². The second-order valence-corrected chi connectivity index (χ2v) is 7.91. The van der Waals surface area contributed by atoms with E-state index in [0.717, 1.165) is 34.9 Å². The molecular weight excluding hydrogens is 382 g/mol. The molecule has 1 aliphatic heterocycles. The Hall–Kier alpha value is -2.20. The third-order valence-electron chi connectivity index (χ3n) is 5.92. The molecule has 0 saturated heterocycles. The van der Waals surface area contributed by atoms with Gasteiger partial charge in [0, 0.05) is 18.0 Å². The molecule has 4 nitrogen and oxygen atoms in total. The highest BCUT2D eigenvalue weighted by Gasteiger charge is 2.27. The van der Waals surface area contributed by atoms with Crippen LogP contribution in [0.4, 0.5) is 0 Å². The summed E-state index contributed by atoms with van der Waals surface area (Å²) in [6.45, 7) is 2.28. The Balaban J connectivity index is 0.00000240. The Morgan fingerprint density at radius 3 is 2.90 bits per heavy atom. The minimum absolute atomic E-state index is 0. The van der Waals surface area contributed by atoms with Crippen molar-refractivity contribution in [2.24, 2.45) is 10.9 Å². The summed E-state index contributed by atoms with van der Waals surface area (Å²) in [6.07, 6.45) is 16.7. The summed E-state index contributed by atoms with van der Waals surface area (Å²) in [7, 11) is 1.72. The predicted octanol–water partition coefficient (Wildman–Crippen LogP) is 6.93. The van der Waals surface area contributed by atoms with Crippen LogP contribution >= 0.6 is 12.4 Å². The smallest absolute Gasteiger partial charge is 0.144 e. The zero-order chi connectivity index (χ0) is 19.3.